The van der Waals surface area contributed by atoms with Gasteiger partial charge >= 0.3 is 5.97 Å². The Bertz CT molecular complexity index is 711. The number of amides is 2. The topological polar surface area (TPSA) is 94.2 Å². The predicted octanol–water partition coefficient (Wildman–Crippen LogP) is 0.917. The highest BCUT2D eigenvalue weighted by Crippen LogP contribution is 2.30. The van der Waals surface area contributed by atoms with Gasteiger partial charge in [-0.05, 0) is 38.5 Å². The van der Waals surface area contributed by atoms with Gasteiger partial charge in [-0.2, -0.15) is 0 Å². The van der Waals surface area contributed by atoms with E-state index in [1.54, 1.807) is 18.2 Å². The summed E-state index contributed by atoms with van der Waals surface area (Å²) in [6.07, 6.45) is 0.0120. The molecule has 8 heteroatoms. The Balaban J connectivity index is 1.77. The summed E-state index contributed by atoms with van der Waals surface area (Å²) in [6.45, 7) is 6.01. The summed E-state index contributed by atoms with van der Waals surface area (Å²) in [5.74, 6) is -0.0287. The van der Waals surface area contributed by atoms with Crippen LogP contribution in [0.1, 0.15) is 26.3 Å². The highest BCUT2D eigenvalue weighted by molar-refractivity contribution is 5.86. The van der Waals surface area contributed by atoms with Crippen molar-refractivity contribution < 1.29 is 28.6 Å². The lowest BCUT2D eigenvalue weighted by Gasteiger charge is -2.23. The molecule has 1 aliphatic rings. The van der Waals surface area contributed by atoms with Gasteiger partial charge in [0.25, 0.3) is 5.91 Å². The maximum absolute atomic E-state index is 12.0. The van der Waals surface area contributed by atoms with E-state index < -0.39 is 18.5 Å². The van der Waals surface area contributed by atoms with Crippen LogP contribution in [0.15, 0.2) is 18.2 Å². The minimum atomic E-state index is -0.535. The van der Waals surface area contributed by atoms with Gasteiger partial charge in [0.2, 0.25) is 5.91 Å². The highest BCUT2D eigenvalue weighted by atomic mass is 16.6. The molecule has 1 aromatic carbocycles. The summed E-state index contributed by atoms with van der Waals surface area (Å²) in [5.41, 5.74) is 0.325. The number of benzene rings is 1. The van der Waals surface area contributed by atoms with Crippen molar-refractivity contribution in [3.63, 3.8) is 0 Å². The van der Waals surface area contributed by atoms with Crippen LogP contribution in [0, 0.1) is 0 Å². The first-order chi connectivity index (χ1) is 12.6. The minimum absolute atomic E-state index is 0.0120. The van der Waals surface area contributed by atoms with E-state index in [-0.39, 0.29) is 24.4 Å². The molecule has 0 aliphatic carbocycles. The molecule has 8 nitrogen and oxygen atoms in total. The van der Waals surface area contributed by atoms with E-state index in [1.165, 1.54) is 11.9 Å². The van der Waals surface area contributed by atoms with Gasteiger partial charge in [0, 0.05) is 12.6 Å². The third-order valence-electron chi connectivity index (χ3n) is 3.63. The first kappa shape index (κ1) is 20.5. The van der Waals surface area contributed by atoms with E-state index >= 15 is 0 Å². The lowest BCUT2D eigenvalue weighted by Crippen LogP contribution is -2.46. The fourth-order valence-corrected chi connectivity index (χ4v) is 2.43. The summed E-state index contributed by atoms with van der Waals surface area (Å²) < 4.78 is 15.9. The lowest BCUT2D eigenvalue weighted by molar-refractivity contribution is -0.151. The highest BCUT2D eigenvalue weighted by Gasteiger charge is 2.19. The van der Waals surface area contributed by atoms with Gasteiger partial charge in [0.05, 0.1) is 13.0 Å². The number of nitrogens with one attached hydrogen (secondary N) is 1. The van der Waals surface area contributed by atoms with Crippen LogP contribution >= 0.6 is 0 Å². The van der Waals surface area contributed by atoms with Gasteiger partial charge in [-0.15, -0.1) is 0 Å². The van der Waals surface area contributed by atoms with E-state index in [0.717, 1.165) is 0 Å². The number of fused-ring (bicyclic) bond motifs is 1. The SMILES string of the molecule is CN(CC(=O)NC(C)(C)C)C(=O)COC(=O)Cc1ccc2c(c1)OCCO2. The Kier molecular flexibility index (Phi) is 6.65. The minimum Gasteiger partial charge on any atom is -0.486 e. The Labute approximate surface area is 158 Å². The molecular weight excluding hydrogens is 352 g/mol. The molecule has 1 aliphatic heterocycles. The summed E-state index contributed by atoms with van der Waals surface area (Å²) in [4.78, 5) is 37.1. The number of ether oxygens (including phenoxy) is 3. The van der Waals surface area contributed by atoms with E-state index in [9.17, 15) is 14.4 Å². The van der Waals surface area contributed by atoms with Gasteiger partial charge < -0.3 is 24.4 Å². The summed E-state index contributed by atoms with van der Waals surface area (Å²) >= 11 is 0. The van der Waals surface area contributed by atoms with Crippen LogP contribution in [0.4, 0.5) is 0 Å². The molecular formula is C19H26N2O6. The van der Waals surface area contributed by atoms with Crippen LogP contribution < -0.4 is 14.8 Å². The average molecular weight is 378 g/mol. The van der Waals surface area contributed by atoms with E-state index in [1.807, 2.05) is 20.8 Å². The van der Waals surface area contributed by atoms with Gasteiger partial charge in [-0.25, -0.2) is 0 Å². The normalized spacial score (nSPS) is 12.9. The zero-order valence-corrected chi connectivity index (χ0v) is 16.2. The number of hydrogen-bond donors (Lipinski definition) is 1. The van der Waals surface area contributed by atoms with Crippen LogP contribution in [-0.2, 0) is 25.5 Å². The molecule has 0 saturated carbocycles. The Morgan fingerprint density at radius 1 is 1.15 bits per heavy atom. The molecule has 0 spiro atoms. The smallest absolute Gasteiger partial charge is 0.310 e. The first-order valence-corrected chi connectivity index (χ1v) is 8.73. The molecule has 148 valence electrons. The van der Waals surface area contributed by atoms with Crippen molar-refractivity contribution in [2.45, 2.75) is 32.7 Å². The van der Waals surface area contributed by atoms with Crippen LogP contribution in [-0.4, -0.2) is 61.6 Å². The molecule has 0 unspecified atom stereocenters. The molecule has 0 atom stereocenters. The third kappa shape index (κ3) is 6.80. The number of hydrogen-bond acceptors (Lipinski definition) is 6. The van der Waals surface area contributed by atoms with Crippen LogP contribution in [0.25, 0.3) is 0 Å². The van der Waals surface area contributed by atoms with Gasteiger partial charge in [0.15, 0.2) is 18.1 Å². The van der Waals surface area contributed by atoms with E-state index in [4.69, 9.17) is 14.2 Å². The Morgan fingerprint density at radius 2 is 1.81 bits per heavy atom. The molecule has 27 heavy (non-hydrogen) atoms. The fraction of sp³-hybridized carbons (Fsp3) is 0.526. The van der Waals surface area contributed by atoms with Crippen LogP contribution in [0.2, 0.25) is 0 Å². The second kappa shape index (κ2) is 8.75. The molecule has 0 saturated heterocycles. The third-order valence-corrected chi connectivity index (χ3v) is 3.63. The van der Waals surface area contributed by atoms with Gasteiger partial charge in [-0.3, -0.25) is 14.4 Å². The molecule has 0 fully saturated rings. The first-order valence-electron chi connectivity index (χ1n) is 8.73. The van der Waals surface area contributed by atoms with Crippen molar-refractivity contribution in [3.8, 4) is 11.5 Å². The Hall–Kier alpha value is -2.77. The van der Waals surface area contributed by atoms with Crippen molar-refractivity contribution in [3.05, 3.63) is 23.8 Å². The second-order valence-corrected chi connectivity index (χ2v) is 7.36. The molecule has 1 heterocycles. The monoisotopic (exact) mass is 378 g/mol. The zero-order chi connectivity index (χ0) is 20.0. The quantitative estimate of drug-likeness (QED) is 0.740. The summed E-state index contributed by atoms with van der Waals surface area (Å²) in [7, 11) is 1.49. The lowest BCUT2D eigenvalue weighted by atomic mass is 10.1. The van der Waals surface area contributed by atoms with Gasteiger partial charge in [0.1, 0.15) is 13.2 Å². The van der Waals surface area contributed by atoms with Crippen LogP contribution in [0.5, 0.6) is 11.5 Å². The zero-order valence-electron chi connectivity index (χ0n) is 16.2. The molecule has 0 radical (unpaired) electrons. The number of carbonyl (C=O) groups excluding carboxylic acids is 3. The maximum Gasteiger partial charge on any atom is 0.310 e. The van der Waals surface area contributed by atoms with Crippen molar-refractivity contribution in [1.29, 1.82) is 0 Å². The van der Waals surface area contributed by atoms with E-state index in [2.05, 4.69) is 5.32 Å². The largest absolute Gasteiger partial charge is 0.486 e. The molecule has 0 bridgehead atoms. The average Bonchev–Trinajstić information content (AvgIpc) is 2.57. The van der Waals surface area contributed by atoms with E-state index in [0.29, 0.717) is 30.3 Å². The molecule has 2 amide bonds. The molecule has 1 aromatic rings. The van der Waals surface area contributed by atoms with Gasteiger partial charge in [-0.1, -0.05) is 6.07 Å². The summed E-state index contributed by atoms with van der Waals surface area (Å²) in [6, 6.07) is 5.21. The molecule has 2 rings (SSSR count). The number of nitrogens with zero attached hydrogens (tertiary/aromatic N) is 1. The number of esters is 1. The van der Waals surface area contributed by atoms with Crippen molar-refractivity contribution in [2.24, 2.45) is 0 Å². The maximum atomic E-state index is 12.0. The molecule has 1 N–H and O–H groups in total. The Morgan fingerprint density at radius 3 is 2.48 bits per heavy atom. The van der Waals surface area contributed by atoms with Crippen LogP contribution in [0.3, 0.4) is 0 Å². The second-order valence-electron chi connectivity index (χ2n) is 7.36. The number of rotatable bonds is 6. The summed E-state index contributed by atoms with van der Waals surface area (Å²) in [5, 5.41) is 2.76. The van der Waals surface area contributed by atoms with Crippen molar-refractivity contribution in [2.75, 3.05) is 33.4 Å². The standard InChI is InChI=1S/C19H26N2O6/c1-19(2,3)20-16(22)11-21(4)17(23)12-27-18(24)10-13-5-6-14-15(9-13)26-8-7-25-14/h5-6,9H,7-8,10-12H2,1-4H3,(H,20,22). The number of likely N-dealkylation sites (N-methyl/N-ethyl adjacent to an activating group) is 1. The fourth-order valence-electron chi connectivity index (χ4n) is 2.43. The van der Waals surface area contributed by atoms with Crippen molar-refractivity contribution >= 4 is 17.8 Å². The van der Waals surface area contributed by atoms with Crippen molar-refractivity contribution in [1.82, 2.24) is 10.2 Å². The predicted molar refractivity (Wildman–Crippen MR) is 97.6 cm³/mol. The molecule has 0 aromatic heterocycles. The number of carbonyl (C=O) groups is 3.